The summed E-state index contributed by atoms with van der Waals surface area (Å²) in [7, 11) is 0. The Balaban J connectivity index is 3.14. The Bertz CT molecular complexity index is 177. The number of rotatable bonds is 0. The van der Waals surface area contributed by atoms with E-state index >= 15 is 0 Å². The minimum Gasteiger partial charge on any atom is -0.407 e. The molecule has 0 aromatic carbocycles. The fourth-order valence-electron chi connectivity index (χ4n) is 0.329. The Kier molecular flexibility index (Phi) is 1.28. The molecule has 8 heavy (non-hydrogen) atoms. The standard InChI is InChI=1S/C3H4IN3O/c4-1-2(5)8-3(6)7-1/h5H2,(H2,6,7). The molecule has 5 heteroatoms. The van der Waals surface area contributed by atoms with Crippen molar-refractivity contribution in [3.8, 4) is 0 Å². The van der Waals surface area contributed by atoms with Crippen LogP contribution in [0.3, 0.4) is 0 Å². The van der Waals surface area contributed by atoms with Crippen molar-refractivity contribution in [1.82, 2.24) is 4.98 Å². The summed E-state index contributed by atoms with van der Waals surface area (Å²) < 4.78 is 5.26. The van der Waals surface area contributed by atoms with E-state index in [1.807, 2.05) is 22.6 Å². The highest BCUT2D eigenvalue weighted by Gasteiger charge is 2.01. The second-order valence-corrected chi connectivity index (χ2v) is 2.23. The second kappa shape index (κ2) is 1.81. The van der Waals surface area contributed by atoms with Crippen molar-refractivity contribution >= 4 is 34.5 Å². The average Bonchev–Trinajstić information content (AvgIpc) is 1.85. The molecule has 0 spiro atoms. The van der Waals surface area contributed by atoms with E-state index in [4.69, 9.17) is 11.5 Å². The molecule has 0 aliphatic heterocycles. The van der Waals surface area contributed by atoms with Crippen molar-refractivity contribution < 1.29 is 4.42 Å². The number of hydrogen-bond acceptors (Lipinski definition) is 4. The van der Waals surface area contributed by atoms with E-state index in [0.29, 0.717) is 3.70 Å². The quantitative estimate of drug-likeness (QED) is 0.628. The van der Waals surface area contributed by atoms with E-state index in [1.165, 1.54) is 0 Å². The molecule has 0 atom stereocenters. The Morgan fingerprint density at radius 1 is 1.50 bits per heavy atom. The molecular formula is C3H4IN3O. The number of hydrogen-bond donors (Lipinski definition) is 2. The first kappa shape index (κ1) is 5.67. The van der Waals surface area contributed by atoms with E-state index in [2.05, 4.69) is 9.40 Å². The lowest BCUT2D eigenvalue weighted by molar-refractivity contribution is 0.599. The van der Waals surface area contributed by atoms with Gasteiger partial charge in [-0.15, -0.1) is 0 Å². The van der Waals surface area contributed by atoms with E-state index in [0.717, 1.165) is 0 Å². The third-order valence-electron chi connectivity index (χ3n) is 0.626. The second-order valence-electron chi connectivity index (χ2n) is 1.21. The molecule has 0 saturated heterocycles. The topological polar surface area (TPSA) is 78.1 Å². The maximum atomic E-state index is 5.22. The largest absolute Gasteiger partial charge is 0.407 e. The number of nitrogens with two attached hydrogens (primary N) is 2. The molecule has 0 fully saturated rings. The molecule has 0 radical (unpaired) electrons. The zero-order valence-corrected chi connectivity index (χ0v) is 6.05. The van der Waals surface area contributed by atoms with Crippen LogP contribution in [0.5, 0.6) is 0 Å². The van der Waals surface area contributed by atoms with E-state index in [9.17, 15) is 0 Å². The number of halogens is 1. The molecule has 4 nitrogen and oxygen atoms in total. The van der Waals surface area contributed by atoms with Gasteiger partial charge in [-0.05, 0) is 22.6 Å². The van der Waals surface area contributed by atoms with Crippen molar-refractivity contribution in [2.24, 2.45) is 0 Å². The van der Waals surface area contributed by atoms with E-state index in [-0.39, 0.29) is 11.9 Å². The molecule has 0 amide bonds. The van der Waals surface area contributed by atoms with Gasteiger partial charge in [0.2, 0.25) is 5.88 Å². The number of nitrogens with zero attached hydrogens (tertiary/aromatic N) is 1. The maximum absolute atomic E-state index is 5.22. The van der Waals surface area contributed by atoms with Gasteiger partial charge < -0.3 is 15.9 Å². The van der Waals surface area contributed by atoms with Gasteiger partial charge in [-0.1, -0.05) is 0 Å². The zero-order chi connectivity index (χ0) is 6.15. The molecule has 1 aromatic rings. The van der Waals surface area contributed by atoms with Crippen LogP contribution in [0.1, 0.15) is 0 Å². The first-order chi connectivity index (χ1) is 3.70. The molecule has 44 valence electrons. The van der Waals surface area contributed by atoms with Gasteiger partial charge in [0, 0.05) is 0 Å². The predicted molar refractivity (Wildman–Crippen MR) is 38.0 cm³/mol. The fourth-order valence-corrected chi connectivity index (χ4v) is 0.677. The average molecular weight is 225 g/mol. The van der Waals surface area contributed by atoms with Crippen LogP contribution in [0.2, 0.25) is 0 Å². The van der Waals surface area contributed by atoms with Gasteiger partial charge in [-0.3, -0.25) is 0 Å². The molecule has 0 aliphatic carbocycles. The Hall–Kier alpha value is -0.460. The molecule has 0 unspecified atom stereocenters. The lowest BCUT2D eigenvalue weighted by Gasteiger charge is -1.76. The van der Waals surface area contributed by atoms with E-state index < -0.39 is 0 Å². The monoisotopic (exact) mass is 225 g/mol. The SMILES string of the molecule is Nc1nc(I)c(N)o1. The molecular weight excluding hydrogens is 221 g/mol. The van der Waals surface area contributed by atoms with Crippen molar-refractivity contribution in [2.75, 3.05) is 11.5 Å². The van der Waals surface area contributed by atoms with Crippen LogP contribution in [-0.2, 0) is 0 Å². The van der Waals surface area contributed by atoms with Crippen molar-refractivity contribution in [2.45, 2.75) is 0 Å². The number of oxazole rings is 1. The first-order valence-corrected chi connectivity index (χ1v) is 2.95. The van der Waals surface area contributed by atoms with Gasteiger partial charge in [-0.25, -0.2) is 0 Å². The van der Waals surface area contributed by atoms with Crippen molar-refractivity contribution in [3.05, 3.63) is 3.70 Å². The maximum Gasteiger partial charge on any atom is 0.294 e. The molecule has 1 heterocycles. The molecule has 0 bridgehead atoms. The van der Waals surface area contributed by atoms with Crippen LogP contribution >= 0.6 is 22.6 Å². The van der Waals surface area contributed by atoms with Crippen LogP contribution in [0.4, 0.5) is 11.9 Å². The number of nitrogen functional groups attached to an aromatic ring is 2. The van der Waals surface area contributed by atoms with Gasteiger partial charge in [0.1, 0.15) is 0 Å². The number of aromatic nitrogens is 1. The minimum atomic E-state index is 0.118. The Morgan fingerprint density at radius 3 is 2.25 bits per heavy atom. The third-order valence-corrected chi connectivity index (χ3v) is 1.40. The van der Waals surface area contributed by atoms with Gasteiger partial charge in [0.05, 0.1) is 0 Å². The summed E-state index contributed by atoms with van der Waals surface area (Å²) in [5.74, 6) is 0.281. The van der Waals surface area contributed by atoms with Gasteiger partial charge in [0.15, 0.2) is 3.70 Å². The van der Waals surface area contributed by atoms with Gasteiger partial charge in [0.25, 0.3) is 6.01 Å². The highest BCUT2D eigenvalue weighted by Crippen LogP contribution is 2.15. The third kappa shape index (κ3) is 0.857. The summed E-state index contributed by atoms with van der Waals surface area (Å²) in [6, 6.07) is 0.118. The molecule has 4 N–H and O–H groups in total. The molecule has 0 aliphatic rings. The molecule has 1 rings (SSSR count). The summed E-state index contributed by atoms with van der Waals surface area (Å²) in [5, 5.41) is 0. The number of anilines is 2. The van der Waals surface area contributed by atoms with Crippen molar-refractivity contribution in [3.63, 3.8) is 0 Å². The Morgan fingerprint density at radius 2 is 2.12 bits per heavy atom. The van der Waals surface area contributed by atoms with E-state index in [1.54, 1.807) is 0 Å². The van der Waals surface area contributed by atoms with Crippen LogP contribution in [0.25, 0.3) is 0 Å². The zero-order valence-electron chi connectivity index (χ0n) is 3.89. The molecule has 1 aromatic heterocycles. The summed E-state index contributed by atoms with van der Waals surface area (Å²) in [6.07, 6.45) is 0. The van der Waals surface area contributed by atoms with Gasteiger partial charge in [-0.2, -0.15) is 4.98 Å². The summed E-state index contributed by atoms with van der Waals surface area (Å²) in [4.78, 5) is 3.68. The Labute approximate surface area is 59.4 Å². The summed E-state index contributed by atoms with van der Waals surface area (Å²) >= 11 is 1.94. The lowest BCUT2D eigenvalue weighted by atomic mass is 10.9. The first-order valence-electron chi connectivity index (χ1n) is 1.87. The van der Waals surface area contributed by atoms with Crippen LogP contribution < -0.4 is 11.5 Å². The smallest absolute Gasteiger partial charge is 0.294 e. The lowest BCUT2D eigenvalue weighted by Crippen LogP contribution is -1.82. The highest BCUT2D eigenvalue weighted by atomic mass is 127. The van der Waals surface area contributed by atoms with Crippen LogP contribution in [-0.4, -0.2) is 4.98 Å². The van der Waals surface area contributed by atoms with Crippen molar-refractivity contribution in [1.29, 1.82) is 0 Å². The van der Waals surface area contributed by atoms with Gasteiger partial charge >= 0.3 is 0 Å². The molecule has 0 saturated carbocycles. The summed E-state index contributed by atoms with van der Waals surface area (Å²) in [6.45, 7) is 0. The highest BCUT2D eigenvalue weighted by molar-refractivity contribution is 14.1. The minimum absolute atomic E-state index is 0.118. The summed E-state index contributed by atoms with van der Waals surface area (Å²) in [5.41, 5.74) is 10.3. The van der Waals surface area contributed by atoms with Crippen LogP contribution in [0.15, 0.2) is 4.42 Å². The fraction of sp³-hybridized carbons (Fsp3) is 0. The van der Waals surface area contributed by atoms with Crippen LogP contribution in [0, 0.1) is 3.70 Å². The normalized spacial score (nSPS) is 9.62. The predicted octanol–water partition coefficient (Wildman–Crippen LogP) is 0.444.